The van der Waals surface area contributed by atoms with E-state index in [4.69, 9.17) is 0 Å². The monoisotopic (exact) mass is 289 g/mol. The Balaban J connectivity index is -0.00000180. The molecule has 0 bridgehead atoms. The van der Waals surface area contributed by atoms with Crippen LogP contribution in [-0.4, -0.2) is 24.5 Å². The molecule has 0 aromatic carbocycles. The molecule has 0 unspecified atom stereocenters. The summed E-state index contributed by atoms with van der Waals surface area (Å²) in [6.07, 6.45) is 16.2. The van der Waals surface area contributed by atoms with Crippen molar-refractivity contribution in [2.24, 2.45) is 0 Å². The first-order valence-electron chi connectivity index (χ1n) is 9.08. The van der Waals surface area contributed by atoms with Crippen LogP contribution in [0.15, 0.2) is 11.6 Å². The largest absolute Gasteiger partial charge is 1.00 e. The molecule has 0 rings (SSSR count). The summed E-state index contributed by atoms with van der Waals surface area (Å²) in [4.78, 5) is 2.67. The molecule has 21 heavy (non-hydrogen) atoms. The normalized spacial score (nSPS) is 11.8. The van der Waals surface area contributed by atoms with Gasteiger partial charge in [0.25, 0.3) is 0 Å². The van der Waals surface area contributed by atoms with Crippen LogP contribution in [0, 0.1) is 0 Å². The van der Waals surface area contributed by atoms with Crippen LogP contribution in [0.5, 0.6) is 0 Å². The summed E-state index contributed by atoms with van der Waals surface area (Å²) in [5.74, 6) is 0. The number of hydrogen-bond donors (Lipinski definition) is 0. The van der Waals surface area contributed by atoms with E-state index in [0.717, 1.165) is 0 Å². The topological polar surface area (TPSA) is 3.24 Å². The van der Waals surface area contributed by atoms with E-state index in [1.54, 1.807) is 0 Å². The molecular formula is C19H40LiN. The van der Waals surface area contributed by atoms with Crippen LogP contribution >= 0.6 is 0 Å². The number of allylic oxidation sites excluding steroid dienone is 1. The second kappa shape index (κ2) is 18.3. The second-order valence-corrected chi connectivity index (χ2v) is 6.24. The minimum absolute atomic E-state index is 0. The Labute approximate surface area is 148 Å². The van der Waals surface area contributed by atoms with Crippen LogP contribution in [0.3, 0.4) is 0 Å². The van der Waals surface area contributed by atoms with Gasteiger partial charge in [-0.25, -0.2) is 0 Å². The Morgan fingerprint density at radius 2 is 1.24 bits per heavy atom. The van der Waals surface area contributed by atoms with Gasteiger partial charge in [0.2, 0.25) is 0 Å². The van der Waals surface area contributed by atoms with Gasteiger partial charge in [0.05, 0.1) is 0 Å². The Hall–Kier alpha value is 0.297. The minimum atomic E-state index is 0. The van der Waals surface area contributed by atoms with Crippen molar-refractivity contribution in [3.05, 3.63) is 11.6 Å². The van der Waals surface area contributed by atoms with E-state index in [0.29, 0.717) is 0 Å². The Morgan fingerprint density at radius 3 is 1.62 bits per heavy atom. The van der Waals surface area contributed by atoms with Gasteiger partial charge in [0.15, 0.2) is 0 Å². The predicted molar refractivity (Wildman–Crippen MR) is 94.5 cm³/mol. The van der Waals surface area contributed by atoms with Gasteiger partial charge in [-0.1, -0.05) is 76.9 Å². The maximum atomic E-state index is 2.67. The van der Waals surface area contributed by atoms with Crippen molar-refractivity contribution in [2.75, 3.05) is 19.6 Å². The van der Waals surface area contributed by atoms with E-state index in [9.17, 15) is 0 Å². The first-order valence-corrected chi connectivity index (χ1v) is 9.08. The smallest absolute Gasteiger partial charge is 1.00 e. The van der Waals surface area contributed by atoms with Crippen molar-refractivity contribution in [2.45, 2.75) is 91.9 Å². The first-order chi connectivity index (χ1) is 9.74. The molecule has 0 saturated carbocycles. The van der Waals surface area contributed by atoms with Gasteiger partial charge >= 0.3 is 18.9 Å². The van der Waals surface area contributed by atoms with Crippen LogP contribution in [0.4, 0.5) is 0 Å². The molecular weight excluding hydrogens is 249 g/mol. The molecule has 0 atom stereocenters. The standard InChI is InChI=1S/C19H39N.Li.H/c1-5-8-10-12-14-16-20(18-19(4)7-3)17-15-13-11-9-6-2;;/h7H,5-6,8-18H2,1-4H3;;/q;+1;-1. The zero-order valence-electron chi connectivity index (χ0n) is 16.7. The van der Waals surface area contributed by atoms with Crippen molar-refractivity contribution in [3.63, 3.8) is 0 Å². The van der Waals surface area contributed by atoms with Crippen LogP contribution in [0.25, 0.3) is 0 Å². The molecule has 0 amide bonds. The molecule has 122 valence electrons. The van der Waals surface area contributed by atoms with E-state index in [1.165, 1.54) is 89.4 Å². The summed E-state index contributed by atoms with van der Waals surface area (Å²) in [5.41, 5.74) is 1.52. The third-order valence-electron chi connectivity index (χ3n) is 4.12. The maximum Gasteiger partial charge on any atom is 1.00 e. The molecule has 0 aliphatic carbocycles. The maximum absolute atomic E-state index is 2.67. The SMILES string of the molecule is CC=C(C)CN(CCCCCCC)CCCCCCC.[H-].[Li+]. The van der Waals surface area contributed by atoms with E-state index in [-0.39, 0.29) is 20.3 Å². The quantitative estimate of drug-likeness (QED) is 0.269. The average molecular weight is 289 g/mol. The first kappa shape index (κ1) is 23.6. The molecule has 0 heterocycles. The molecule has 0 aromatic rings. The zero-order chi connectivity index (χ0) is 15.1. The molecule has 0 fully saturated rings. The molecule has 2 heteroatoms. The summed E-state index contributed by atoms with van der Waals surface area (Å²) in [6, 6.07) is 0. The molecule has 0 saturated heterocycles. The third-order valence-corrected chi connectivity index (χ3v) is 4.12. The molecule has 0 aromatic heterocycles. The fraction of sp³-hybridized carbons (Fsp3) is 0.895. The molecule has 0 spiro atoms. The summed E-state index contributed by atoms with van der Waals surface area (Å²) in [5, 5.41) is 0. The van der Waals surface area contributed by atoms with Gasteiger partial charge in [-0.2, -0.15) is 0 Å². The number of nitrogens with zero attached hydrogens (tertiary/aromatic N) is 1. The van der Waals surface area contributed by atoms with Crippen LogP contribution < -0.4 is 18.9 Å². The van der Waals surface area contributed by atoms with Crippen LogP contribution in [-0.2, 0) is 0 Å². The van der Waals surface area contributed by atoms with E-state index in [2.05, 4.69) is 38.7 Å². The number of rotatable bonds is 14. The third kappa shape index (κ3) is 16.5. The van der Waals surface area contributed by atoms with E-state index in [1.807, 2.05) is 0 Å². The van der Waals surface area contributed by atoms with Gasteiger partial charge in [0, 0.05) is 6.54 Å². The summed E-state index contributed by atoms with van der Waals surface area (Å²) in [7, 11) is 0. The zero-order valence-corrected chi connectivity index (χ0v) is 15.7. The van der Waals surface area contributed by atoms with Crippen LogP contribution in [0.2, 0.25) is 0 Å². The average Bonchev–Trinajstić information content (AvgIpc) is 2.46. The van der Waals surface area contributed by atoms with Gasteiger partial charge in [0.1, 0.15) is 0 Å². The van der Waals surface area contributed by atoms with Gasteiger partial charge < -0.3 is 1.43 Å². The molecule has 0 radical (unpaired) electrons. The molecule has 1 nitrogen and oxygen atoms in total. The van der Waals surface area contributed by atoms with Gasteiger partial charge in [-0.05, 0) is 39.8 Å². The summed E-state index contributed by atoms with van der Waals surface area (Å²) >= 11 is 0. The minimum Gasteiger partial charge on any atom is -1.00 e. The number of unbranched alkanes of at least 4 members (excludes halogenated alkanes) is 8. The summed E-state index contributed by atoms with van der Waals surface area (Å²) < 4.78 is 0. The van der Waals surface area contributed by atoms with Crippen molar-refractivity contribution in [1.82, 2.24) is 4.90 Å². The molecule has 0 aliphatic rings. The van der Waals surface area contributed by atoms with Gasteiger partial charge in [-0.15, -0.1) is 0 Å². The second-order valence-electron chi connectivity index (χ2n) is 6.24. The summed E-state index contributed by atoms with van der Waals surface area (Å²) in [6.45, 7) is 12.8. The van der Waals surface area contributed by atoms with Crippen molar-refractivity contribution in [3.8, 4) is 0 Å². The fourth-order valence-electron chi connectivity index (χ4n) is 2.59. The number of hydrogen-bond acceptors (Lipinski definition) is 1. The van der Waals surface area contributed by atoms with Crippen LogP contribution in [0.1, 0.15) is 93.3 Å². The molecule has 0 aliphatic heterocycles. The van der Waals surface area contributed by atoms with Crippen molar-refractivity contribution < 1.29 is 20.3 Å². The van der Waals surface area contributed by atoms with Gasteiger partial charge in [-0.3, -0.25) is 4.90 Å². The van der Waals surface area contributed by atoms with E-state index < -0.39 is 0 Å². The van der Waals surface area contributed by atoms with E-state index >= 15 is 0 Å². The predicted octanol–water partition coefficient (Wildman–Crippen LogP) is 3.31. The Bertz CT molecular complexity index is 217. The van der Waals surface area contributed by atoms with Crippen molar-refractivity contribution >= 4 is 0 Å². The van der Waals surface area contributed by atoms with Crippen molar-refractivity contribution in [1.29, 1.82) is 0 Å². The fourth-order valence-corrected chi connectivity index (χ4v) is 2.59. The molecule has 0 N–H and O–H groups in total. The Kier molecular flexibility index (Phi) is 20.6. The Morgan fingerprint density at radius 1 is 0.810 bits per heavy atom.